The molecule has 0 unspecified atom stereocenters. The molecule has 61 heavy (non-hydrogen) atoms. The molecule has 1 aromatic heterocycles. The van der Waals surface area contributed by atoms with Crippen LogP contribution < -0.4 is 0 Å². The second-order valence-corrected chi connectivity index (χ2v) is 17.2. The van der Waals surface area contributed by atoms with Crippen LogP contribution in [0.4, 0.5) is 0 Å². The molecule has 0 fully saturated rings. The zero-order chi connectivity index (χ0) is 48.3. The van der Waals surface area contributed by atoms with Crippen molar-refractivity contribution in [1.82, 2.24) is 4.98 Å². The van der Waals surface area contributed by atoms with Crippen molar-refractivity contribution in [3.63, 3.8) is 0 Å². The lowest BCUT2D eigenvalue weighted by Gasteiger charge is -2.01. The minimum absolute atomic E-state index is 0.160. The minimum Gasteiger partial charge on any atom is -0.307 e. The second-order valence-electron chi connectivity index (χ2n) is 16.4. The van der Waals surface area contributed by atoms with Gasteiger partial charge in [0.1, 0.15) is 11.8 Å². The van der Waals surface area contributed by atoms with Crippen molar-refractivity contribution in [2.45, 2.75) is 220 Å². The number of hydrogen-bond donors (Lipinski definition) is 0. The predicted molar refractivity (Wildman–Crippen MR) is 285 cm³/mol. The lowest BCUT2D eigenvalue weighted by atomic mass is 10.1. The summed E-state index contributed by atoms with van der Waals surface area (Å²) < 4.78 is 0. The van der Waals surface area contributed by atoms with Crippen LogP contribution >= 0.6 is 11.8 Å². The van der Waals surface area contributed by atoms with Gasteiger partial charge in [-0.15, -0.1) is 11.8 Å². The highest BCUT2D eigenvalue weighted by Gasteiger charge is 2.08. The molecule has 4 heteroatoms. The van der Waals surface area contributed by atoms with Gasteiger partial charge in [0.15, 0.2) is 5.78 Å². The third kappa shape index (κ3) is 59.2. The number of benzene rings is 2. The second kappa shape index (κ2) is 57.0. The topological polar surface area (TPSA) is 47.0 Å². The SMILES string of the molecule is C=O.CCC.CCC(=O)c1cccnc1SC.CCC(C)C.CCC(C)C.CCCCC.CCCCC(C)C.CCCCCC.Cc1ccc(/C=C/c2ccc(C)cc2)cc1. The summed E-state index contributed by atoms with van der Waals surface area (Å²) in [5, 5.41) is 0.823. The monoisotopic (exact) mass is 866 g/mol. The fraction of sp³-hybridized carbons (Fsp3) is 0.632. The van der Waals surface area contributed by atoms with Crippen LogP contribution in [0.1, 0.15) is 233 Å². The number of aromatic nitrogens is 1. The van der Waals surface area contributed by atoms with E-state index in [4.69, 9.17) is 4.79 Å². The quantitative estimate of drug-likeness (QED) is 0.0661. The van der Waals surface area contributed by atoms with E-state index in [-0.39, 0.29) is 5.78 Å². The molecule has 0 aliphatic rings. The van der Waals surface area contributed by atoms with Crippen molar-refractivity contribution in [3.05, 3.63) is 94.7 Å². The molecular formula is C57H103NO2S. The maximum Gasteiger partial charge on any atom is 0.165 e. The molecule has 0 radical (unpaired) electrons. The van der Waals surface area contributed by atoms with Crippen LogP contribution in [-0.4, -0.2) is 23.8 Å². The summed E-state index contributed by atoms with van der Waals surface area (Å²) in [5.74, 6) is 2.83. The maximum atomic E-state index is 11.3. The van der Waals surface area contributed by atoms with E-state index in [0.717, 1.165) is 28.3 Å². The number of carbonyl (C=O) groups excluding carboxylic acids is 2. The van der Waals surface area contributed by atoms with E-state index in [1.165, 1.54) is 117 Å². The number of nitrogens with zero attached hydrogens (tertiary/aromatic N) is 1. The van der Waals surface area contributed by atoms with Gasteiger partial charge in [-0.3, -0.25) is 4.79 Å². The molecule has 0 saturated heterocycles. The van der Waals surface area contributed by atoms with E-state index in [9.17, 15) is 4.79 Å². The number of ketones is 1. The summed E-state index contributed by atoms with van der Waals surface area (Å²) in [6, 6.07) is 20.7. The smallest absolute Gasteiger partial charge is 0.165 e. The lowest BCUT2D eigenvalue weighted by molar-refractivity contribution is -0.0980. The van der Waals surface area contributed by atoms with Crippen LogP contribution in [0, 0.1) is 31.6 Å². The van der Waals surface area contributed by atoms with Gasteiger partial charge in [0.05, 0.1) is 0 Å². The van der Waals surface area contributed by atoms with Gasteiger partial charge < -0.3 is 4.79 Å². The Morgan fingerprint density at radius 3 is 1.15 bits per heavy atom. The summed E-state index contributed by atoms with van der Waals surface area (Å²) in [5.41, 5.74) is 5.82. The largest absolute Gasteiger partial charge is 0.307 e. The first-order chi connectivity index (χ1) is 29.1. The van der Waals surface area contributed by atoms with Gasteiger partial charge >= 0.3 is 0 Å². The molecule has 354 valence electrons. The highest BCUT2D eigenvalue weighted by molar-refractivity contribution is 7.98. The summed E-state index contributed by atoms with van der Waals surface area (Å²) in [6.07, 6.45) is 26.1. The van der Waals surface area contributed by atoms with Crippen LogP contribution in [0.2, 0.25) is 0 Å². The fourth-order valence-corrected chi connectivity index (χ4v) is 4.54. The molecule has 0 saturated carbocycles. The van der Waals surface area contributed by atoms with Crippen LogP contribution in [0.15, 0.2) is 71.9 Å². The summed E-state index contributed by atoms with van der Waals surface area (Å²) in [4.78, 5) is 23.4. The normalized spacial score (nSPS) is 9.48. The Kier molecular flexibility index (Phi) is 65.2. The molecule has 2 aromatic carbocycles. The first kappa shape index (κ1) is 69.7. The summed E-state index contributed by atoms with van der Waals surface area (Å²) >= 11 is 1.51. The van der Waals surface area contributed by atoms with Gasteiger partial charge in [0.25, 0.3) is 0 Å². The zero-order valence-corrected chi connectivity index (χ0v) is 44.8. The fourth-order valence-electron chi connectivity index (χ4n) is 3.97. The highest BCUT2D eigenvalue weighted by atomic mass is 32.2. The number of Topliss-reactive ketones (excluding diaryl/α,β-unsaturated/α-hetero) is 1. The third-order valence-electron chi connectivity index (χ3n) is 8.64. The van der Waals surface area contributed by atoms with Crippen molar-refractivity contribution in [1.29, 1.82) is 0 Å². The van der Waals surface area contributed by atoms with E-state index in [1.54, 1.807) is 12.3 Å². The Balaban J connectivity index is -0.000000150. The Labute approximate surface area is 387 Å². The Morgan fingerprint density at radius 1 is 0.574 bits per heavy atom. The number of thioether (sulfide) groups is 1. The third-order valence-corrected chi connectivity index (χ3v) is 9.35. The summed E-state index contributed by atoms with van der Waals surface area (Å²) in [6.45, 7) is 41.3. The average Bonchev–Trinajstić information content (AvgIpc) is 3.27. The van der Waals surface area contributed by atoms with Crippen LogP contribution in [0.25, 0.3) is 12.2 Å². The van der Waals surface area contributed by atoms with Gasteiger partial charge in [-0.1, -0.05) is 266 Å². The van der Waals surface area contributed by atoms with Crippen molar-refractivity contribution in [2.24, 2.45) is 17.8 Å². The molecule has 0 bridgehead atoms. The van der Waals surface area contributed by atoms with E-state index in [2.05, 4.69) is 183 Å². The Hall–Kier alpha value is -2.98. The van der Waals surface area contributed by atoms with Gasteiger partial charge in [0.2, 0.25) is 0 Å². The van der Waals surface area contributed by atoms with Crippen LogP contribution in [0.3, 0.4) is 0 Å². The van der Waals surface area contributed by atoms with E-state index < -0.39 is 0 Å². The van der Waals surface area contributed by atoms with Crippen molar-refractivity contribution in [3.8, 4) is 0 Å². The van der Waals surface area contributed by atoms with Crippen molar-refractivity contribution < 1.29 is 9.59 Å². The molecule has 3 rings (SSSR count). The van der Waals surface area contributed by atoms with Gasteiger partial charge in [-0.05, 0) is 61.1 Å². The molecule has 0 N–H and O–H groups in total. The highest BCUT2D eigenvalue weighted by Crippen LogP contribution is 2.18. The standard InChI is InChI=1S/C16H16.C9H11NOS.C7H16.C6H14.3C5H12.C3H8.CH2O/c1-13-3-7-15(8-4-13)11-12-16-9-5-14(2)6-10-16;1-3-8(11)7-5-4-6-10-9(7)12-2;1-4-5-6-7(2)3;1-3-5-6-4-2;2*1-4-5(2)3;1-3-5-4-2;1-3-2;1-2/h3-12H,1-2H3;4-6H,3H2,1-2H3;7H,4-6H2,1-3H3;3-6H2,1-2H3;2*5H,4H2,1-3H3;3-5H2,1-2H3;3H2,1-2H3;1H2/b12-11+;;;;;;;;. The summed E-state index contributed by atoms with van der Waals surface area (Å²) in [7, 11) is 0. The van der Waals surface area contributed by atoms with Gasteiger partial charge in [0, 0.05) is 18.2 Å². The number of pyridine rings is 1. The number of rotatable bonds is 15. The van der Waals surface area contributed by atoms with E-state index >= 15 is 0 Å². The first-order valence-electron chi connectivity index (χ1n) is 24.2. The molecule has 1 heterocycles. The lowest BCUT2D eigenvalue weighted by Crippen LogP contribution is -1.99. The molecule has 3 nitrogen and oxygen atoms in total. The van der Waals surface area contributed by atoms with Gasteiger partial charge in [-0.25, -0.2) is 4.98 Å². The van der Waals surface area contributed by atoms with Crippen molar-refractivity contribution in [2.75, 3.05) is 6.26 Å². The number of aryl methyl sites for hydroxylation is 2. The molecular weight excluding hydrogens is 763 g/mol. The minimum atomic E-state index is 0.160. The van der Waals surface area contributed by atoms with E-state index in [1.807, 2.05) is 26.0 Å². The molecule has 0 atom stereocenters. The number of carbonyl (C=O) groups is 2. The molecule has 0 aliphatic heterocycles. The van der Waals surface area contributed by atoms with E-state index in [0.29, 0.717) is 6.42 Å². The predicted octanol–water partition coefficient (Wildman–Crippen LogP) is 19.8. The maximum absolute atomic E-state index is 11.3. The Bertz CT molecular complexity index is 1220. The van der Waals surface area contributed by atoms with Crippen LogP contribution in [0.5, 0.6) is 0 Å². The van der Waals surface area contributed by atoms with Gasteiger partial charge in [-0.2, -0.15) is 0 Å². The van der Waals surface area contributed by atoms with Crippen LogP contribution in [-0.2, 0) is 4.79 Å². The molecule has 0 aliphatic carbocycles. The molecule has 0 amide bonds. The zero-order valence-electron chi connectivity index (χ0n) is 44.0. The number of hydrogen-bond acceptors (Lipinski definition) is 4. The first-order valence-corrected chi connectivity index (χ1v) is 25.4. The number of unbranched alkanes of at least 4 members (excludes halogenated alkanes) is 6. The molecule has 3 aromatic rings. The molecule has 0 spiro atoms. The van der Waals surface area contributed by atoms with Crippen molar-refractivity contribution >= 4 is 36.5 Å². The Morgan fingerprint density at radius 2 is 0.918 bits per heavy atom. The average molecular weight is 867 g/mol.